The summed E-state index contributed by atoms with van der Waals surface area (Å²) in [6.07, 6.45) is 1.51. The highest BCUT2D eigenvalue weighted by Crippen LogP contribution is 2.20. The third-order valence-electron chi connectivity index (χ3n) is 2.26. The van der Waals surface area contributed by atoms with Crippen molar-refractivity contribution in [3.63, 3.8) is 0 Å². The van der Waals surface area contributed by atoms with E-state index in [4.69, 9.17) is 5.73 Å². The van der Waals surface area contributed by atoms with Gasteiger partial charge in [-0.1, -0.05) is 6.08 Å². The topological polar surface area (TPSA) is 72.2 Å². The molecule has 6 heteroatoms. The van der Waals surface area contributed by atoms with Crippen LogP contribution in [0.5, 0.6) is 0 Å². The molecule has 0 spiro atoms. The lowest BCUT2D eigenvalue weighted by atomic mass is 10.2. The molecule has 0 radical (unpaired) electrons. The van der Waals surface area contributed by atoms with Crippen LogP contribution in [-0.4, -0.2) is 20.2 Å². The first-order valence-corrected chi connectivity index (χ1v) is 6.40. The first-order valence-electron chi connectivity index (χ1n) is 4.69. The summed E-state index contributed by atoms with van der Waals surface area (Å²) in [6, 6.07) is 3.85. The number of nitrogens with one attached hydrogen (secondary N) is 1. The second-order valence-electron chi connectivity index (χ2n) is 3.65. The zero-order chi connectivity index (χ0) is 11.8. The summed E-state index contributed by atoms with van der Waals surface area (Å²) >= 11 is 0. The second kappa shape index (κ2) is 3.79. The van der Waals surface area contributed by atoms with Crippen LogP contribution in [0.3, 0.4) is 0 Å². The molecule has 1 aliphatic heterocycles. The van der Waals surface area contributed by atoms with Crippen molar-refractivity contribution in [2.24, 2.45) is 0 Å². The van der Waals surface area contributed by atoms with Crippen molar-refractivity contribution in [2.45, 2.75) is 6.04 Å². The van der Waals surface area contributed by atoms with Gasteiger partial charge in [0, 0.05) is 11.1 Å². The number of anilines is 2. The van der Waals surface area contributed by atoms with Crippen molar-refractivity contribution in [1.29, 1.82) is 0 Å². The Morgan fingerprint density at radius 2 is 2.19 bits per heavy atom. The smallest absolute Gasteiger partial charge is 0.173 e. The predicted octanol–water partition coefficient (Wildman–Crippen LogP) is 1.13. The Hall–Kier alpha value is -1.56. The molecule has 1 unspecified atom stereocenters. The lowest BCUT2D eigenvalue weighted by molar-refractivity contribution is 0.604. The van der Waals surface area contributed by atoms with E-state index in [9.17, 15) is 12.8 Å². The molecular formula is C10H11FN2O2S. The fourth-order valence-electron chi connectivity index (χ4n) is 1.51. The summed E-state index contributed by atoms with van der Waals surface area (Å²) in [5.41, 5.74) is 5.98. The van der Waals surface area contributed by atoms with E-state index in [-0.39, 0.29) is 17.5 Å². The molecule has 4 nitrogen and oxygen atoms in total. The summed E-state index contributed by atoms with van der Waals surface area (Å²) in [4.78, 5) is 0. The first-order chi connectivity index (χ1) is 7.46. The number of rotatable bonds is 2. The van der Waals surface area contributed by atoms with Crippen LogP contribution in [0, 0.1) is 5.82 Å². The van der Waals surface area contributed by atoms with Crippen LogP contribution in [0.4, 0.5) is 15.8 Å². The van der Waals surface area contributed by atoms with E-state index in [0.29, 0.717) is 5.69 Å². The zero-order valence-electron chi connectivity index (χ0n) is 8.35. The molecule has 1 heterocycles. The van der Waals surface area contributed by atoms with E-state index < -0.39 is 15.7 Å². The number of benzene rings is 1. The van der Waals surface area contributed by atoms with Crippen LogP contribution in [0.25, 0.3) is 0 Å². The summed E-state index contributed by atoms with van der Waals surface area (Å²) in [6.45, 7) is 0. The summed E-state index contributed by atoms with van der Waals surface area (Å²) in [5.74, 6) is -0.533. The highest BCUT2D eigenvalue weighted by atomic mass is 32.2. The predicted molar refractivity (Wildman–Crippen MR) is 61.1 cm³/mol. The van der Waals surface area contributed by atoms with Crippen LogP contribution >= 0.6 is 0 Å². The molecule has 1 aromatic carbocycles. The van der Waals surface area contributed by atoms with Gasteiger partial charge < -0.3 is 11.1 Å². The maximum absolute atomic E-state index is 13.4. The van der Waals surface area contributed by atoms with E-state index in [2.05, 4.69) is 5.32 Å². The van der Waals surface area contributed by atoms with Crippen molar-refractivity contribution in [2.75, 3.05) is 16.8 Å². The van der Waals surface area contributed by atoms with Crippen molar-refractivity contribution >= 4 is 21.2 Å². The largest absolute Gasteiger partial charge is 0.399 e. The van der Waals surface area contributed by atoms with Gasteiger partial charge in [-0.15, -0.1) is 0 Å². The molecule has 1 aliphatic rings. The lowest BCUT2D eigenvalue weighted by Crippen LogP contribution is -2.21. The molecule has 1 aromatic rings. The van der Waals surface area contributed by atoms with E-state index in [1.54, 1.807) is 6.07 Å². The Balaban J connectivity index is 2.14. The Morgan fingerprint density at radius 1 is 1.44 bits per heavy atom. The van der Waals surface area contributed by atoms with Gasteiger partial charge in [0.05, 0.1) is 17.5 Å². The molecule has 3 N–H and O–H groups in total. The molecular weight excluding hydrogens is 231 g/mol. The fourth-order valence-corrected chi connectivity index (χ4v) is 2.75. The van der Waals surface area contributed by atoms with Crippen LogP contribution in [0.1, 0.15) is 0 Å². The first kappa shape index (κ1) is 10.9. The van der Waals surface area contributed by atoms with Gasteiger partial charge in [0.1, 0.15) is 5.82 Å². The lowest BCUT2D eigenvalue weighted by Gasteiger charge is -2.12. The number of hydrogen-bond donors (Lipinski definition) is 2. The number of nitrogen functional groups attached to an aromatic ring is 1. The van der Waals surface area contributed by atoms with Crippen LogP contribution in [0.2, 0.25) is 0 Å². The molecule has 0 saturated carbocycles. The monoisotopic (exact) mass is 242 g/mol. The summed E-state index contributed by atoms with van der Waals surface area (Å²) in [5, 5.41) is 3.93. The highest BCUT2D eigenvalue weighted by Gasteiger charge is 2.22. The van der Waals surface area contributed by atoms with Gasteiger partial charge in [0.25, 0.3) is 0 Å². The van der Waals surface area contributed by atoms with Crippen molar-refractivity contribution in [3.05, 3.63) is 35.5 Å². The molecule has 1 atom stereocenters. The Morgan fingerprint density at radius 3 is 2.75 bits per heavy atom. The van der Waals surface area contributed by atoms with Gasteiger partial charge in [-0.05, 0) is 18.2 Å². The van der Waals surface area contributed by atoms with Crippen LogP contribution < -0.4 is 11.1 Å². The Labute approximate surface area is 92.9 Å². The molecule has 0 fully saturated rings. The molecule has 0 amide bonds. The van der Waals surface area contributed by atoms with Gasteiger partial charge in [-0.2, -0.15) is 0 Å². The van der Waals surface area contributed by atoms with Crippen LogP contribution in [0.15, 0.2) is 29.7 Å². The van der Waals surface area contributed by atoms with Gasteiger partial charge >= 0.3 is 0 Å². The number of nitrogens with two attached hydrogens (primary N) is 1. The average molecular weight is 242 g/mol. The molecule has 2 rings (SSSR count). The molecule has 16 heavy (non-hydrogen) atoms. The highest BCUT2D eigenvalue weighted by molar-refractivity contribution is 7.94. The SMILES string of the molecule is Nc1ccc(NC2C=CS(=O)(=O)C2)c(F)c1. The molecule has 0 aromatic heterocycles. The van der Waals surface area contributed by atoms with Gasteiger partial charge in [0.2, 0.25) is 0 Å². The zero-order valence-corrected chi connectivity index (χ0v) is 9.17. The quantitative estimate of drug-likeness (QED) is 0.762. The Bertz CT molecular complexity index is 540. The summed E-state index contributed by atoms with van der Waals surface area (Å²) < 4.78 is 35.6. The minimum atomic E-state index is -3.13. The van der Waals surface area contributed by atoms with E-state index >= 15 is 0 Å². The van der Waals surface area contributed by atoms with E-state index in [1.807, 2.05) is 0 Å². The minimum Gasteiger partial charge on any atom is -0.399 e. The maximum Gasteiger partial charge on any atom is 0.173 e. The second-order valence-corrected chi connectivity index (χ2v) is 5.58. The van der Waals surface area contributed by atoms with Crippen molar-refractivity contribution in [1.82, 2.24) is 0 Å². The van der Waals surface area contributed by atoms with Crippen molar-refractivity contribution < 1.29 is 12.8 Å². The standard InChI is InChI=1S/C10H11FN2O2S/c11-9-5-7(12)1-2-10(9)13-8-3-4-16(14,15)6-8/h1-5,8,13H,6,12H2. The van der Waals surface area contributed by atoms with Gasteiger partial charge in [0.15, 0.2) is 9.84 Å². The van der Waals surface area contributed by atoms with Gasteiger partial charge in [-0.25, -0.2) is 12.8 Å². The normalized spacial score (nSPS) is 22.2. The van der Waals surface area contributed by atoms with E-state index in [0.717, 1.165) is 5.41 Å². The average Bonchev–Trinajstić information content (AvgIpc) is 2.51. The molecule has 0 saturated heterocycles. The van der Waals surface area contributed by atoms with E-state index in [1.165, 1.54) is 18.2 Å². The number of halogens is 1. The van der Waals surface area contributed by atoms with Crippen molar-refractivity contribution in [3.8, 4) is 0 Å². The van der Waals surface area contributed by atoms with Crippen LogP contribution in [-0.2, 0) is 9.84 Å². The maximum atomic E-state index is 13.4. The summed E-state index contributed by atoms with van der Waals surface area (Å²) in [7, 11) is -3.13. The number of hydrogen-bond acceptors (Lipinski definition) is 4. The Kier molecular flexibility index (Phi) is 2.59. The number of sulfone groups is 1. The molecule has 86 valence electrons. The molecule has 0 aliphatic carbocycles. The van der Waals surface area contributed by atoms with Gasteiger partial charge in [-0.3, -0.25) is 0 Å². The molecule has 0 bridgehead atoms. The minimum absolute atomic E-state index is 0.0448. The third-order valence-corrected chi connectivity index (χ3v) is 3.66. The fraction of sp³-hybridized carbons (Fsp3) is 0.200. The third kappa shape index (κ3) is 2.33.